The Morgan fingerprint density at radius 1 is 0.964 bits per heavy atom. The maximum atomic E-state index is 12.4. The number of hydrogen-bond donors (Lipinski definition) is 1. The number of ketones is 1. The van der Waals surface area contributed by atoms with Gasteiger partial charge in [-0.2, -0.15) is 0 Å². The normalized spacial score (nSPS) is 11.0. The van der Waals surface area contributed by atoms with Crippen molar-refractivity contribution in [2.45, 2.75) is 26.2 Å². The van der Waals surface area contributed by atoms with Crippen LogP contribution < -0.4 is 10.1 Å². The van der Waals surface area contributed by atoms with E-state index < -0.39 is 11.7 Å². The minimum absolute atomic E-state index is 0.0187. The third kappa shape index (κ3) is 4.79. The number of carbonyl (C=O) groups is 2. The van der Waals surface area contributed by atoms with Gasteiger partial charge in [0.05, 0.1) is 18.1 Å². The molecule has 2 heterocycles. The predicted molar refractivity (Wildman–Crippen MR) is 107 cm³/mol. The average Bonchev–Trinajstić information content (AvgIpc) is 2.69. The first-order valence-electron chi connectivity index (χ1n) is 8.83. The summed E-state index contributed by atoms with van der Waals surface area (Å²) in [5.74, 6) is -0.404. The number of nitrogens with zero attached hydrogens (tertiary/aromatic N) is 2. The van der Waals surface area contributed by atoms with Crippen molar-refractivity contribution in [3.8, 4) is 11.6 Å². The highest BCUT2D eigenvalue weighted by Gasteiger charge is 2.18. The molecule has 0 aliphatic heterocycles. The van der Waals surface area contributed by atoms with Crippen LogP contribution in [0.2, 0.25) is 0 Å². The van der Waals surface area contributed by atoms with E-state index >= 15 is 0 Å². The minimum Gasteiger partial charge on any atom is -0.437 e. The van der Waals surface area contributed by atoms with Crippen LogP contribution in [-0.4, -0.2) is 21.7 Å². The Labute approximate surface area is 163 Å². The summed E-state index contributed by atoms with van der Waals surface area (Å²) in [5.41, 5.74) is 1.82. The molecule has 3 aromatic rings. The predicted octanol–water partition coefficient (Wildman–Crippen LogP) is 4.39. The standard InChI is InChI=1S/C22H21N3O3/c1-22(2,3)16-8-6-15(7-9-16)20(26)21(27)25-17-10-11-19(24-13-17)28-18-5-4-12-23-14-18/h4-14H,1-3H3,(H,25,27). The quantitative estimate of drug-likeness (QED) is 0.528. The molecular formula is C22H21N3O3. The lowest BCUT2D eigenvalue weighted by Crippen LogP contribution is -2.23. The van der Waals surface area contributed by atoms with Gasteiger partial charge in [0.15, 0.2) is 0 Å². The lowest BCUT2D eigenvalue weighted by molar-refractivity contribution is -0.112. The largest absolute Gasteiger partial charge is 0.437 e. The van der Waals surface area contributed by atoms with Crippen LogP contribution >= 0.6 is 0 Å². The molecule has 0 atom stereocenters. The second kappa shape index (κ2) is 8.00. The third-order valence-corrected chi connectivity index (χ3v) is 4.07. The fourth-order valence-corrected chi connectivity index (χ4v) is 2.48. The first-order chi connectivity index (χ1) is 13.3. The summed E-state index contributed by atoms with van der Waals surface area (Å²) in [6.07, 6.45) is 4.65. The molecule has 0 aliphatic carbocycles. The molecule has 3 rings (SSSR count). The summed E-state index contributed by atoms with van der Waals surface area (Å²) >= 11 is 0. The molecule has 0 fully saturated rings. The van der Waals surface area contributed by atoms with Gasteiger partial charge < -0.3 is 10.1 Å². The van der Waals surface area contributed by atoms with E-state index in [9.17, 15) is 9.59 Å². The van der Waals surface area contributed by atoms with Crippen LogP contribution in [-0.2, 0) is 10.2 Å². The first kappa shape index (κ1) is 19.2. The molecule has 6 heteroatoms. The average molecular weight is 375 g/mol. The van der Waals surface area contributed by atoms with Crippen molar-refractivity contribution >= 4 is 17.4 Å². The summed E-state index contributed by atoms with van der Waals surface area (Å²) in [5, 5.41) is 2.56. The van der Waals surface area contributed by atoms with Crippen LogP contribution in [0.4, 0.5) is 5.69 Å². The van der Waals surface area contributed by atoms with Crippen LogP contribution in [0.1, 0.15) is 36.7 Å². The Morgan fingerprint density at radius 3 is 2.29 bits per heavy atom. The van der Waals surface area contributed by atoms with E-state index in [1.165, 1.54) is 6.20 Å². The van der Waals surface area contributed by atoms with E-state index in [-0.39, 0.29) is 5.41 Å². The lowest BCUT2D eigenvalue weighted by atomic mass is 9.86. The summed E-state index contributed by atoms with van der Waals surface area (Å²) in [7, 11) is 0. The Morgan fingerprint density at radius 2 is 1.71 bits per heavy atom. The fourth-order valence-electron chi connectivity index (χ4n) is 2.48. The molecule has 0 radical (unpaired) electrons. The van der Waals surface area contributed by atoms with Crippen molar-refractivity contribution in [1.82, 2.24) is 9.97 Å². The van der Waals surface area contributed by atoms with Crippen LogP contribution in [0.3, 0.4) is 0 Å². The first-order valence-corrected chi connectivity index (χ1v) is 8.83. The van der Waals surface area contributed by atoms with E-state index in [4.69, 9.17) is 4.74 Å². The minimum atomic E-state index is -0.716. The molecule has 1 N–H and O–H groups in total. The highest BCUT2D eigenvalue weighted by Crippen LogP contribution is 2.23. The summed E-state index contributed by atoms with van der Waals surface area (Å²) in [6.45, 7) is 6.27. The van der Waals surface area contributed by atoms with Gasteiger partial charge in [0.1, 0.15) is 5.75 Å². The summed E-state index contributed by atoms with van der Waals surface area (Å²) < 4.78 is 5.54. The summed E-state index contributed by atoms with van der Waals surface area (Å²) in [6, 6.07) is 13.8. The highest BCUT2D eigenvalue weighted by atomic mass is 16.5. The molecule has 1 amide bonds. The number of benzene rings is 1. The van der Waals surface area contributed by atoms with Crippen molar-refractivity contribution in [3.05, 3.63) is 78.2 Å². The zero-order chi connectivity index (χ0) is 20.1. The molecular weight excluding hydrogens is 354 g/mol. The van der Waals surface area contributed by atoms with Gasteiger partial charge in [-0.05, 0) is 29.2 Å². The molecule has 28 heavy (non-hydrogen) atoms. The topological polar surface area (TPSA) is 81.2 Å². The van der Waals surface area contributed by atoms with E-state index in [2.05, 4.69) is 36.1 Å². The number of hydrogen-bond acceptors (Lipinski definition) is 5. The molecule has 6 nitrogen and oxygen atoms in total. The zero-order valence-corrected chi connectivity index (χ0v) is 16.0. The Balaban J connectivity index is 1.63. The number of pyridine rings is 2. The molecule has 0 aliphatic rings. The smallest absolute Gasteiger partial charge is 0.296 e. The van der Waals surface area contributed by atoms with Crippen LogP contribution in [0.15, 0.2) is 67.1 Å². The van der Waals surface area contributed by atoms with E-state index in [0.29, 0.717) is 22.9 Å². The zero-order valence-electron chi connectivity index (χ0n) is 16.0. The van der Waals surface area contributed by atoms with Gasteiger partial charge in [-0.1, -0.05) is 45.0 Å². The SMILES string of the molecule is CC(C)(C)c1ccc(C(=O)C(=O)Nc2ccc(Oc3cccnc3)nc2)cc1. The second-order valence-corrected chi connectivity index (χ2v) is 7.29. The molecule has 2 aromatic heterocycles. The Kier molecular flexibility index (Phi) is 5.49. The van der Waals surface area contributed by atoms with E-state index in [1.807, 2.05) is 12.1 Å². The van der Waals surface area contributed by atoms with Crippen molar-refractivity contribution in [2.24, 2.45) is 0 Å². The molecule has 0 saturated heterocycles. The van der Waals surface area contributed by atoms with Gasteiger partial charge in [0.25, 0.3) is 11.7 Å². The number of rotatable bonds is 5. The number of Topliss-reactive ketones (excluding diaryl/α,β-unsaturated/α-hetero) is 1. The van der Waals surface area contributed by atoms with Gasteiger partial charge in [-0.15, -0.1) is 0 Å². The highest BCUT2D eigenvalue weighted by molar-refractivity contribution is 6.46. The van der Waals surface area contributed by atoms with Crippen molar-refractivity contribution in [1.29, 1.82) is 0 Å². The number of aromatic nitrogens is 2. The fraction of sp³-hybridized carbons (Fsp3) is 0.182. The number of nitrogens with one attached hydrogen (secondary N) is 1. The van der Waals surface area contributed by atoms with Gasteiger partial charge in [0.2, 0.25) is 5.88 Å². The summed E-state index contributed by atoms with van der Waals surface area (Å²) in [4.78, 5) is 32.7. The number of amides is 1. The molecule has 0 bridgehead atoms. The Bertz CT molecular complexity index is 961. The van der Waals surface area contributed by atoms with Gasteiger partial charge in [-0.3, -0.25) is 14.6 Å². The third-order valence-electron chi connectivity index (χ3n) is 4.07. The van der Waals surface area contributed by atoms with Crippen molar-refractivity contribution in [2.75, 3.05) is 5.32 Å². The number of carbonyl (C=O) groups excluding carboxylic acids is 2. The van der Waals surface area contributed by atoms with Gasteiger partial charge in [0, 0.05) is 17.8 Å². The molecule has 1 aromatic carbocycles. The van der Waals surface area contributed by atoms with Gasteiger partial charge >= 0.3 is 0 Å². The van der Waals surface area contributed by atoms with E-state index in [1.54, 1.807) is 48.8 Å². The van der Waals surface area contributed by atoms with Crippen molar-refractivity contribution in [3.63, 3.8) is 0 Å². The number of anilines is 1. The van der Waals surface area contributed by atoms with Crippen LogP contribution in [0.25, 0.3) is 0 Å². The molecule has 0 unspecified atom stereocenters. The van der Waals surface area contributed by atoms with Gasteiger partial charge in [-0.25, -0.2) is 4.98 Å². The van der Waals surface area contributed by atoms with Crippen LogP contribution in [0, 0.1) is 0 Å². The van der Waals surface area contributed by atoms with Crippen LogP contribution in [0.5, 0.6) is 11.6 Å². The van der Waals surface area contributed by atoms with Crippen molar-refractivity contribution < 1.29 is 14.3 Å². The lowest BCUT2D eigenvalue weighted by Gasteiger charge is -2.18. The molecule has 0 saturated carbocycles. The second-order valence-electron chi connectivity index (χ2n) is 7.29. The number of ether oxygens (including phenoxy) is 1. The van der Waals surface area contributed by atoms with E-state index in [0.717, 1.165) is 5.56 Å². The molecule has 0 spiro atoms. The molecule has 142 valence electrons. The maximum absolute atomic E-state index is 12.4. The monoisotopic (exact) mass is 375 g/mol. The maximum Gasteiger partial charge on any atom is 0.296 e. The Hall–Kier alpha value is -3.54.